The van der Waals surface area contributed by atoms with E-state index < -0.39 is 5.97 Å². The Kier molecular flexibility index (Phi) is 5.08. The standard InChI is InChI=1S/C18H23N3O2/c22-18(23)16-9-5-6-10-17(16)21-12-15(20-13-21)11-19-14-7-3-1-2-4-8-14/h5-6,9-10,12-14,19H,1-4,7-8,11H2,(H,22,23). The highest BCUT2D eigenvalue weighted by Gasteiger charge is 2.13. The van der Waals surface area contributed by atoms with Gasteiger partial charge in [-0.3, -0.25) is 0 Å². The lowest BCUT2D eigenvalue weighted by atomic mass is 10.1. The number of carboxylic acid groups (broad SMARTS) is 1. The number of hydrogen-bond donors (Lipinski definition) is 2. The van der Waals surface area contributed by atoms with Crippen LogP contribution >= 0.6 is 0 Å². The van der Waals surface area contributed by atoms with Crippen molar-refractivity contribution in [3.8, 4) is 5.69 Å². The van der Waals surface area contributed by atoms with E-state index in [1.165, 1.54) is 38.5 Å². The molecule has 0 unspecified atom stereocenters. The molecule has 0 radical (unpaired) electrons. The van der Waals surface area contributed by atoms with Gasteiger partial charge in [0, 0.05) is 18.8 Å². The first-order valence-electron chi connectivity index (χ1n) is 8.33. The zero-order valence-corrected chi connectivity index (χ0v) is 13.2. The number of carboxylic acids is 1. The minimum absolute atomic E-state index is 0.285. The second-order valence-corrected chi connectivity index (χ2v) is 6.16. The number of hydrogen-bond acceptors (Lipinski definition) is 3. The molecule has 0 aliphatic heterocycles. The molecule has 2 N–H and O–H groups in total. The van der Waals surface area contributed by atoms with Gasteiger partial charge in [-0.2, -0.15) is 0 Å². The minimum atomic E-state index is -0.924. The van der Waals surface area contributed by atoms with E-state index in [2.05, 4.69) is 10.3 Å². The summed E-state index contributed by atoms with van der Waals surface area (Å²) in [5.74, 6) is -0.924. The highest BCUT2D eigenvalue weighted by atomic mass is 16.4. The van der Waals surface area contributed by atoms with Gasteiger partial charge in [-0.05, 0) is 25.0 Å². The average Bonchev–Trinajstić information content (AvgIpc) is 2.88. The van der Waals surface area contributed by atoms with Crippen molar-refractivity contribution in [3.63, 3.8) is 0 Å². The lowest BCUT2D eigenvalue weighted by Gasteiger charge is -2.15. The maximum Gasteiger partial charge on any atom is 0.337 e. The molecule has 0 atom stereocenters. The van der Waals surface area contributed by atoms with Gasteiger partial charge in [0.15, 0.2) is 0 Å². The number of nitrogens with one attached hydrogen (secondary N) is 1. The molecule has 23 heavy (non-hydrogen) atoms. The Hall–Kier alpha value is -2.14. The molecule has 1 aliphatic rings. The summed E-state index contributed by atoms with van der Waals surface area (Å²) in [6.07, 6.45) is 11.4. The summed E-state index contributed by atoms with van der Waals surface area (Å²) >= 11 is 0. The molecule has 1 aromatic carbocycles. The number of aromatic carboxylic acids is 1. The molecule has 3 rings (SSSR count). The van der Waals surface area contributed by atoms with E-state index in [-0.39, 0.29) is 5.56 Å². The number of para-hydroxylation sites is 1. The monoisotopic (exact) mass is 313 g/mol. The third-order valence-corrected chi connectivity index (χ3v) is 4.48. The van der Waals surface area contributed by atoms with Crippen molar-refractivity contribution in [2.24, 2.45) is 0 Å². The fraction of sp³-hybridized carbons (Fsp3) is 0.444. The van der Waals surface area contributed by atoms with E-state index in [1.807, 2.05) is 12.3 Å². The van der Waals surface area contributed by atoms with Crippen LogP contribution in [0.2, 0.25) is 0 Å². The second kappa shape index (κ2) is 7.42. The summed E-state index contributed by atoms with van der Waals surface area (Å²) in [5, 5.41) is 12.9. The van der Waals surface area contributed by atoms with Crippen molar-refractivity contribution in [3.05, 3.63) is 48.0 Å². The van der Waals surface area contributed by atoms with Crippen LogP contribution in [0.1, 0.15) is 54.6 Å². The van der Waals surface area contributed by atoms with Crippen LogP contribution in [0.3, 0.4) is 0 Å². The van der Waals surface area contributed by atoms with Gasteiger partial charge in [-0.1, -0.05) is 37.8 Å². The Morgan fingerprint density at radius 3 is 2.70 bits per heavy atom. The Morgan fingerprint density at radius 2 is 1.96 bits per heavy atom. The van der Waals surface area contributed by atoms with Crippen LogP contribution < -0.4 is 5.32 Å². The summed E-state index contributed by atoms with van der Waals surface area (Å²) in [4.78, 5) is 15.7. The number of aromatic nitrogens is 2. The number of carbonyl (C=O) groups is 1. The van der Waals surface area contributed by atoms with Crippen LogP contribution in [-0.4, -0.2) is 26.7 Å². The van der Waals surface area contributed by atoms with Crippen LogP contribution in [0.5, 0.6) is 0 Å². The number of nitrogens with zero attached hydrogens (tertiary/aromatic N) is 2. The summed E-state index contributed by atoms with van der Waals surface area (Å²) in [5.41, 5.74) is 1.87. The normalized spacial score (nSPS) is 16.2. The maximum atomic E-state index is 11.3. The maximum absolute atomic E-state index is 11.3. The Labute approximate surface area is 136 Å². The van der Waals surface area contributed by atoms with Gasteiger partial charge in [-0.15, -0.1) is 0 Å². The van der Waals surface area contributed by atoms with Crippen molar-refractivity contribution >= 4 is 5.97 Å². The molecule has 1 heterocycles. The molecule has 5 heteroatoms. The van der Waals surface area contributed by atoms with Crippen LogP contribution in [-0.2, 0) is 6.54 Å². The fourth-order valence-corrected chi connectivity index (χ4v) is 3.20. The predicted molar refractivity (Wildman–Crippen MR) is 88.9 cm³/mol. The minimum Gasteiger partial charge on any atom is -0.478 e. The SMILES string of the molecule is O=C(O)c1ccccc1-n1cnc(CNC2CCCCCC2)c1. The Bertz CT molecular complexity index is 658. The first-order valence-corrected chi connectivity index (χ1v) is 8.33. The van der Waals surface area contributed by atoms with Crippen molar-refractivity contribution in [1.29, 1.82) is 0 Å². The molecular weight excluding hydrogens is 290 g/mol. The second-order valence-electron chi connectivity index (χ2n) is 6.16. The number of imidazole rings is 1. The van der Waals surface area contributed by atoms with Crippen LogP contribution in [0.15, 0.2) is 36.8 Å². The summed E-state index contributed by atoms with van der Waals surface area (Å²) < 4.78 is 1.79. The van der Waals surface area contributed by atoms with Gasteiger partial charge in [0.25, 0.3) is 0 Å². The molecule has 0 saturated heterocycles. The molecule has 1 saturated carbocycles. The molecule has 1 fully saturated rings. The van der Waals surface area contributed by atoms with Gasteiger partial charge in [-0.25, -0.2) is 9.78 Å². The average molecular weight is 313 g/mol. The highest BCUT2D eigenvalue weighted by Crippen LogP contribution is 2.18. The van der Waals surface area contributed by atoms with Crippen LogP contribution in [0.4, 0.5) is 0 Å². The lowest BCUT2D eigenvalue weighted by Crippen LogP contribution is -2.27. The molecule has 5 nitrogen and oxygen atoms in total. The van der Waals surface area contributed by atoms with Crippen molar-refractivity contribution < 1.29 is 9.90 Å². The van der Waals surface area contributed by atoms with E-state index in [4.69, 9.17) is 0 Å². The largest absolute Gasteiger partial charge is 0.478 e. The number of benzene rings is 1. The molecule has 2 aromatic rings. The lowest BCUT2D eigenvalue weighted by molar-refractivity contribution is 0.0697. The van der Waals surface area contributed by atoms with Crippen LogP contribution in [0, 0.1) is 0 Å². The Balaban J connectivity index is 1.67. The van der Waals surface area contributed by atoms with E-state index in [1.54, 1.807) is 29.1 Å². The summed E-state index contributed by atoms with van der Waals surface area (Å²) in [6, 6.07) is 7.56. The highest BCUT2D eigenvalue weighted by molar-refractivity contribution is 5.91. The van der Waals surface area contributed by atoms with Gasteiger partial charge in [0.05, 0.1) is 23.3 Å². The third kappa shape index (κ3) is 3.99. The van der Waals surface area contributed by atoms with Crippen molar-refractivity contribution in [2.75, 3.05) is 0 Å². The molecule has 1 aromatic heterocycles. The number of rotatable bonds is 5. The van der Waals surface area contributed by atoms with E-state index in [0.29, 0.717) is 11.7 Å². The van der Waals surface area contributed by atoms with Crippen LogP contribution in [0.25, 0.3) is 5.69 Å². The van der Waals surface area contributed by atoms with Gasteiger partial charge in [0.2, 0.25) is 0 Å². The zero-order valence-electron chi connectivity index (χ0n) is 13.2. The van der Waals surface area contributed by atoms with Crippen molar-refractivity contribution in [2.45, 2.75) is 51.1 Å². The molecular formula is C18H23N3O2. The fourth-order valence-electron chi connectivity index (χ4n) is 3.20. The molecule has 1 aliphatic carbocycles. The third-order valence-electron chi connectivity index (χ3n) is 4.48. The zero-order chi connectivity index (χ0) is 16.1. The molecule has 0 bridgehead atoms. The first-order chi connectivity index (χ1) is 11.2. The van der Waals surface area contributed by atoms with Gasteiger partial charge >= 0.3 is 5.97 Å². The van der Waals surface area contributed by atoms with Gasteiger partial charge in [0.1, 0.15) is 0 Å². The summed E-state index contributed by atoms with van der Waals surface area (Å²) in [6.45, 7) is 0.729. The van der Waals surface area contributed by atoms with E-state index in [9.17, 15) is 9.90 Å². The topological polar surface area (TPSA) is 67.1 Å². The first kappa shape index (κ1) is 15.7. The van der Waals surface area contributed by atoms with Gasteiger partial charge < -0.3 is 15.0 Å². The predicted octanol–water partition coefficient (Wildman–Crippen LogP) is 3.38. The van der Waals surface area contributed by atoms with Crippen molar-refractivity contribution in [1.82, 2.24) is 14.9 Å². The van der Waals surface area contributed by atoms with E-state index >= 15 is 0 Å². The molecule has 122 valence electrons. The molecule has 0 spiro atoms. The quantitative estimate of drug-likeness (QED) is 0.830. The molecule has 0 amide bonds. The smallest absolute Gasteiger partial charge is 0.337 e. The summed E-state index contributed by atoms with van der Waals surface area (Å²) in [7, 11) is 0. The van der Waals surface area contributed by atoms with E-state index in [0.717, 1.165) is 12.2 Å². The Morgan fingerprint density at radius 1 is 1.22 bits per heavy atom.